The monoisotopic (exact) mass is 1060 g/mol. The minimum absolute atomic E-state index is 0.168. The van der Waals surface area contributed by atoms with Crippen molar-refractivity contribution in [1.82, 2.24) is 0 Å². The van der Waals surface area contributed by atoms with E-state index in [0.29, 0.717) is 38.8 Å². The lowest BCUT2D eigenvalue weighted by molar-refractivity contribution is 0.673. The smallest absolute Gasteiger partial charge is 0.143 e. The molecule has 386 valence electrons. The van der Waals surface area contributed by atoms with Crippen LogP contribution in [0.5, 0.6) is 0 Å². The molecule has 0 spiro atoms. The molecule has 0 aliphatic rings. The number of benzene rings is 16. The Bertz CT molecular complexity index is 5750. The molecule has 1 heteroatoms. The van der Waals surface area contributed by atoms with Crippen LogP contribution in [0.3, 0.4) is 0 Å². The van der Waals surface area contributed by atoms with E-state index in [4.69, 9.17) is 9.90 Å². The fraction of sp³-hybridized carbons (Fsp3) is 0. The summed E-state index contributed by atoms with van der Waals surface area (Å²) in [6.45, 7) is 0. The van der Waals surface area contributed by atoms with E-state index in [9.17, 15) is 5.48 Å². The summed E-state index contributed by atoms with van der Waals surface area (Å²) in [7, 11) is 0. The van der Waals surface area contributed by atoms with Crippen molar-refractivity contribution in [2.24, 2.45) is 0 Å². The van der Waals surface area contributed by atoms with Gasteiger partial charge in [0.25, 0.3) is 0 Å². The minimum Gasteiger partial charge on any atom is -0.455 e. The van der Waals surface area contributed by atoms with Crippen LogP contribution in [0.2, 0.25) is 0 Å². The zero-order chi connectivity index (χ0) is 61.8. The standard InChI is InChI=1S/C42H26O.C40H26/c1-2-12-27(13-3-1)29-15-10-16-30(26-29)39-32-18-6-8-20-34(32)40(35-21-9-7-19-33(35)39)36-22-11-23-38-41(36)37-25-24-28-14-4-5-17-31(28)42(37)43-38;1-2-13-29-25-32(24-23-27(29)11-1)40-37-20-7-5-18-35(37)39(36-19-6-8-21-38(36)40)31-16-9-15-30(26-31)34-22-10-14-28-12-3-4-17-33(28)34/h1-26H;1-26H/i6D,7D,8D,9D,18D,19D,20D,21D;. The van der Waals surface area contributed by atoms with Gasteiger partial charge in [-0.2, -0.15) is 0 Å². The van der Waals surface area contributed by atoms with Gasteiger partial charge in [-0.15, -0.1) is 0 Å². The molecule has 17 rings (SSSR count). The third-order valence-corrected chi connectivity index (χ3v) is 16.5. The third kappa shape index (κ3) is 8.16. The van der Waals surface area contributed by atoms with Gasteiger partial charge in [0, 0.05) is 16.2 Å². The van der Waals surface area contributed by atoms with Gasteiger partial charge in [0.1, 0.15) is 11.2 Å². The Morgan fingerprint density at radius 2 is 0.651 bits per heavy atom. The van der Waals surface area contributed by atoms with Crippen LogP contribution in [0.15, 0.2) is 320 Å². The molecule has 0 fully saturated rings. The van der Waals surface area contributed by atoms with Crippen molar-refractivity contribution in [3.63, 3.8) is 0 Å². The zero-order valence-corrected chi connectivity index (χ0v) is 44.8. The highest BCUT2D eigenvalue weighted by Crippen LogP contribution is 2.49. The van der Waals surface area contributed by atoms with Crippen LogP contribution in [0.1, 0.15) is 11.0 Å². The SMILES string of the molecule is [2H]c1c([2H])c([2H])c2c(-c3cccc4oc5c6ccccc6ccc5c34)c3c([2H])c([2H])c([2H])c([2H])c3c(-c3cccc(-c4ccccc4)c3)c2c1[2H].c1cc(-c2cccc3ccccc23)cc(-c2c3ccccc3c(-c3ccc4ccccc4c3)c3ccccc23)c1. The summed E-state index contributed by atoms with van der Waals surface area (Å²) in [6.07, 6.45) is 0. The van der Waals surface area contributed by atoms with Gasteiger partial charge in [-0.05, 0) is 167 Å². The largest absolute Gasteiger partial charge is 0.455 e. The maximum Gasteiger partial charge on any atom is 0.143 e. The number of furan rings is 1. The molecule has 0 N–H and O–H groups in total. The van der Waals surface area contributed by atoms with Crippen LogP contribution in [-0.2, 0) is 0 Å². The minimum atomic E-state index is -0.437. The highest BCUT2D eigenvalue weighted by molar-refractivity contribution is 6.27. The van der Waals surface area contributed by atoms with Gasteiger partial charge in [-0.1, -0.05) is 285 Å². The van der Waals surface area contributed by atoms with Gasteiger partial charge in [-0.3, -0.25) is 0 Å². The molecule has 1 heterocycles. The molecule has 83 heavy (non-hydrogen) atoms. The second kappa shape index (κ2) is 20.0. The lowest BCUT2D eigenvalue weighted by atomic mass is 9.84. The summed E-state index contributed by atoms with van der Waals surface area (Å²) < 4.78 is 79.2. The molecular formula is C82H52O. The summed E-state index contributed by atoms with van der Waals surface area (Å²) in [4.78, 5) is 0. The van der Waals surface area contributed by atoms with Crippen molar-refractivity contribution >= 4 is 97.3 Å². The van der Waals surface area contributed by atoms with E-state index in [1.807, 2.05) is 103 Å². The highest BCUT2D eigenvalue weighted by atomic mass is 16.3. The van der Waals surface area contributed by atoms with Crippen molar-refractivity contribution in [3.8, 4) is 66.8 Å². The van der Waals surface area contributed by atoms with E-state index in [0.717, 1.165) is 27.3 Å². The first kappa shape index (κ1) is 40.3. The Balaban J connectivity index is 0.000000149. The quantitative estimate of drug-likeness (QED) is 0.151. The first-order chi connectivity index (χ1) is 44.5. The molecule has 17 aromatic rings. The maximum absolute atomic E-state index is 9.38. The van der Waals surface area contributed by atoms with E-state index in [1.54, 1.807) is 6.07 Å². The predicted molar refractivity (Wildman–Crippen MR) is 355 cm³/mol. The Hall–Kier alpha value is -10.9. The summed E-state index contributed by atoms with van der Waals surface area (Å²) in [6, 6.07) is 89.2. The Morgan fingerprint density at radius 3 is 1.30 bits per heavy atom. The molecule has 0 aliphatic heterocycles. The van der Waals surface area contributed by atoms with Gasteiger partial charge < -0.3 is 4.42 Å². The zero-order valence-electron chi connectivity index (χ0n) is 52.8. The van der Waals surface area contributed by atoms with Crippen molar-refractivity contribution in [2.75, 3.05) is 0 Å². The number of hydrogen-bond acceptors (Lipinski definition) is 1. The maximum atomic E-state index is 9.38. The van der Waals surface area contributed by atoms with Gasteiger partial charge in [0.05, 0.1) is 11.0 Å². The summed E-state index contributed by atoms with van der Waals surface area (Å²) in [5, 5.41) is 14.2. The van der Waals surface area contributed by atoms with Crippen molar-refractivity contribution in [2.45, 2.75) is 0 Å². The molecule has 1 nitrogen and oxygen atoms in total. The summed E-state index contributed by atoms with van der Waals surface area (Å²) >= 11 is 0. The van der Waals surface area contributed by atoms with Gasteiger partial charge in [0.2, 0.25) is 0 Å². The lowest BCUT2D eigenvalue weighted by Gasteiger charge is -2.18. The third-order valence-electron chi connectivity index (χ3n) is 16.5. The van der Waals surface area contributed by atoms with Gasteiger partial charge in [-0.25, -0.2) is 0 Å². The van der Waals surface area contributed by atoms with Crippen molar-refractivity contribution in [1.29, 1.82) is 0 Å². The second-order valence-corrected chi connectivity index (χ2v) is 21.2. The molecule has 0 saturated carbocycles. The summed E-state index contributed by atoms with van der Waals surface area (Å²) in [5.41, 5.74) is 12.3. The van der Waals surface area contributed by atoms with E-state index >= 15 is 0 Å². The van der Waals surface area contributed by atoms with Crippen LogP contribution in [0, 0.1) is 0 Å². The van der Waals surface area contributed by atoms with E-state index in [-0.39, 0.29) is 45.7 Å². The van der Waals surface area contributed by atoms with Crippen molar-refractivity contribution < 1.29 is 15.4 Å². The Morgan fingerprint density at radius 1 is 0.229 bits per heavy atom. The number of fused-ring (bicyclic) bond motifs is 11. The van der Waals surface area contributed by atoms with Gasteiger partial charge in [0.15, 0.2) is 0 Å². The van der Waals surface area contributed by atoms with Crippen molar-refractivity contribution in [3.05, 3.63) is 315 Å². The Labute approximate surface area is 492 Å². The van der Waals surface area contributed by atoms with E-state index in [2.05, 4.69) is 158 Å². The van der Waals surface area contributed by atoms with Crippen LogP contribution in [0.25, 0.3) is 164 Å². The van der Waals surface area contributed by atoms with Crippen LogP contribution < -0.4 is 0 Å². The molecule has 0 amide bonds. The van der Waals surface area contributed by atoms with Crippen LogP contribution >= 0.6 is 0 Å². The van der Waals surface area contributed by atoms with E-state index in [1.165, 1.54) is 76.5 Å². The predicted octanol–water partition coefficient (Wildman–Crippen LogP) is 23.3. The number of rotatable bonds is 6. The highest BCUT2D eigenvalue weighted by Gasteiger charge is 2.22. The molecule has 1 aromatic heterocycles. The van der Waals surface area contributed by atoms with Gasteiger partial charge >= 0.3 is 0 Å². The first-order valence-electron chi connectivity index (χ1n) is 32.0. The fourth-order valence-corrected chi connectivity index (χ4v) is 12.8. The van der Waals surface area contributed by atoms with Crippen LogP contribution in [0.4, 0.5) is 0 Å². The normalized spacial score (nSPS) is 13.0. The molecule has 0 unspecified atom stereocenters. The molecule has 0 atom stereocenters. The van der Waals surface area contributed by atoms with Crippen LogP contribution in [-0.4, -0.2) is 0 Å². The summed E-state index contributed by atoms with van der Waals surface area (Å²) in [5.74, 6) is 0. The average molecular weight is 1060 g/mol. The number of hydrogen-bond donors (Lipinski definition) is 0. The van der Waals surface area contributed by atoms with E-state index < -0.39 is 24.2 Å². The molecule has 0 radical (unpaired) electrons. The molecular weight excluding hydrogens is 1000 g/mol. The molecule has 0 aliphatic carbocycles. The first-order valence-corrected chi connectivity index (χ1v) is 28.0. The fourth-order valence-electron chi connectivity index (χ4n) is 12.8. The molecule has 0 bridgehead atoms. The average Bonchev–Trinajstić information content (AvgIpc) is 1.41. The molecule has 0 saturated heterocycles. The second-order valence-electron chi connectivity index (χ2n) is 21.2. The Kier molecular flexibility index (Phi) is 9.74. The topological polar surface area (TPSA) is 13.1 Å². The lowest BCUT2D eigenvalue weighted by Crippen LogP contribution is -1.91. The molecule has 16 aromatic carbocycles.